The fraction of sp³-hybridized carbons (Fsp3) is 0. The Bertz CT molecular complexity index is 425. The van der Waals surface area contributed by atoms with E-state index in [1.54, 1.807) is 6.33 Å². The number of H-pyrrole nitrogens is 1. The summed E-state index contributed by atoms with van der Waals surface area (Å²) in [5.41, 5.74) is 1.02. The van der Waals surface area contributed by atoms with E-state index in [0.717, 1.165) is 5.69 Å². The van der Waals surface area contributed by atoms with Gasteiger partial charge in [-0.05, 0) is 24.4 Å². The molecule has 0 unspecified atom stereocenters. The summed E-state index contributed by atoms with van der Waals surface area (Å²) in [5.74, 6) is 0. The second kappa shape index (κ2) is 4.72. The molecule has 2 aromatic rings. The number of para-hydroxylation sites is 1. The Morgan fingerprint density at radius 1 is 1.31 bits per heavy atom. The van der Waals surface area contributed by atoms with Crippen LogP contribution in [0.2, 0.25) is 0 Å². The quantitative estimate of drug-likeness (QED) is 0.476. The molecule has 0 saturated carbocycles. The molecule has 0 bridgehead atoms. The van der Waals surface area contributed by atoms with E-state index in [4.69, 9.17) is 12.2 Å². The van der Waals surface area contributed by atoms with Gasteiger partial charge in [0.1, 0.15) is 6.33 Å². The molecule has 13 heavy (non-hydrogen) atoms. The molecule has 0 saturated heterocycles. The zero-order valence-electron chi connectivity index (χ0n) is 8.27. The van der Waals surface area contributed by atoms with Gasteiger partial charge >= 0.3 is 29.6 Å². The van der Waals surface area contributed by atoms with Gasteiger partial charge in [0.25, 0.3) is 0 Å². The Labute approximate surface area is 105 Å². The van der Waals surface area contributed by atoms with E-state index in [0.29, 0.717) is 4.77 Å². The number of nitrogens with one attached hydrogen (secondary N) is 1. The van der Waals surface area contributed by atoms with Crippen LogP contribution in [0.4, 0.5) is 0 Å². The topological polar surface area (TPSA) is 33.6 Å². The average Bonchev–Trinajstić information content (AvgIpc) is 2.53. The number of hydrogen-bond acceptors (Lipinski definition) is 2. The van der Waals surface area contributed by atoms with Gasteiger partial charge in [0.2, 0.25) is 0 Å². The molecule has 0 aliphatic carbocycles. The van der Waals surface area contributed by atoms with E-state index in [-0.39, 0.29) is 31.0 Å². The van der Waals surface area contributed by atoms with E-state index in [1.807, 2.05) is 34.9 Å². The average molecular weight is 201 g/mol. The Morgan fingerprint density at radius 2 is 2.00 bits per heavy atom. The van der Waals surface area contributed by atoms with Crippen molar-refractivity contribution in [3.8, 4) is 5.69 Å². The molecule has 1 N–H and O–H groups in total. The van der Waals surface area contributed by atoms with Gasteiger partial charge in [0, 0.05) is 5.69 Å². The summed E-state index contributed by atoms with van der Waals surface area (Å²) in [6.07, 6.45) is 1.66. The predicted octanol–water partition coefficient (Wildman–Crippen LogP) is -0.954. The van der Waals surface area contributed by atoms with Crippen molar-refractivity contribution in [1.82, 2.24) is 14.8 Å². The van der Waals surface area contributed by atoms with Crippen molar-refractivity contribution in [2.75, 3.05) is 0 Å². The van der Waals surface area contributed by atoms with Crippen LogP contribution in [0.15, 0.2) is 36.7 Å². The number of aromatic amines is 1. The Kier molecular flexibility index (Phi) is 3.87. The maximum atomic E-state index is 5.01. The molecule has 3 nitrogen and oxygen atoms in total. The van der Waals surface area contributed by atoms with Gasteiger partial charge in [-0.2, -0.15) is 5.10 Å². The summed E-state index contributed by atoms with van der Waals surface area (Å²) in [6.45, 7) is 0. The van der Waals surface area contributed by atoms with Crippen molar-refractivity contribution < 1.29 is 31.0 Å². The molecule has 0 atom stereocenters. The van der Waals surface area contributed by atoms with Crippen LogP contribution in [0.25, 0.3) is 5.69 Å². The van der Waals surface area contributed by atoms with Crippen LogP contribution in [0.5, 0.6) is 0 Å². The van der Waals surface area contributed by atoms with Crippen molar-refractivity contribution >= 4 is 12.2 Å². The Morgan fingerprint density at radius 3 is 2.54 bits per heavy atom. The molecule has 62 valence electrons. The molecular formula is C8H8N3NaS. The molecule has 0 aliphatic rings. The van der Waals surface area contributed by atoms with Gasteiger partial charge in [0.15, 0.2) is 4.77 Å². The van der Waals surface area contributed by atoms with Gasteiger partial charge in [-0.3, -0.25) is 9.67 Å². The van der Waals surface area contributed by atoms with Crippen LogP contribution in [-0.2, 0) is 0 Å². The van der Waals surface area contributed by atoms with Crippen molar-refractivity contribution in [2.45, 2.75) is 0 Å². The molecule has 5 heteroatoms. The number of hydrogen-bond donors (Lipinski definition) is 1. The molecule has 1 heterocycles. The zero-order chi connectivity index (χ0) is 8.39. The van der Waals surface area contributed by atoms with Crippen molar-refractivity contribution in [3.63, 3.8) is 0 Å². The van der Waals surface area contributed by atoms with E-state index < -0.39 is 0 Å². The minimum atomic E-state index is 0. The second-order valence-electron chi connectivity index (χ2n) is 2.37. The summed E-state index contributed by atoms with van der Waals surface area (Å²) in [5, 5.41) is 6.53. The zero-order valence-corrected chi connectivity index (χ0v) is 10.1. The normalized spacial score (nSPS) is 9.23. The van der Waals surface area contributed by atoms with Crippen LogP contribution in [0, 0.1) is 4.77 Å². The fourth-order valence-corrected chi connectivity index (χ4v) is 1.23. The minimum absolute atomic E-state index is 0. The maximum Gasteiger partial charge on any atom is 1.00 e. The molecule has 1 aromatic carbocycles. The Hall–Kier alpha value is -0.420. The van der Waals surface area contributed by atoms with Crippen molar-refractivity contribution in [2.24, 2.45) is 0 Å². The molecule has 0 spiro atoms. The first-order valence-corrected chi connectivity index (χ1v) is 3.96. The molecule has 0 fully saturated rings. The van der Waals surface area contributed by atoms with Crippen LogP contribution in [0.1, 0.15) is 1.43 Å². The predicted molar refractivity (Wildman–Crippen MR) is 49.9 cm³/mol. The minimum Gasteiger partial charge on any atom is -1.00 e. The third-order valence-corrected chi connectivity index (χ3v) is 1.87. The van der Waals surface area contributed by atoms with E-state index in [1.165, 1.54) is 0 Å². The first kappa shape index (κ1) is 10.7. The van der Waals surface area contributed by atoms with Gasteiger partial charge in [-0.25, -0.2) is 0 Å². The SMILES string of the molecule is S=c1[nH]ncn1-c1ccccc1.[H-].[Na+]. The van der Waals surface area contributed by atoms with Crippen LogP contribution in [-0.4, -0.2) is 14.8 Å². The second-order valence-corrected chi connectivity index (χ2v) is 2.75. The first-order chi connectivity index (χ1) is 5.88. The van der Waals surface area contributed by atoms with Crippen LogP contribution < -0.4 is 29.6 Å². The Balaban J connectivity index is 0.000000845. The summed E-state index contributed by atoms with van der Waals surface area (Å²) in [6, 6.07) is 9.85. The van der Waals surface area contributed by atoms with E-state index in [2.05, 4.69) is 10.2 Å². The summed E-state index contributed by atoms with van der Waals surface area (Å²) >= 11 is 5.01. The van der Waals surface area contributed by atoms with Gasteiger partial charge in [-0.1, -0.05) is 18.2 Å². The van der Waals surface area contributed by atoms with Gasteiger partial charge in [0.05, 0.1) is 0 Å². The fourth-order valence-electron chi connectivity index (χ4n) is 1.02. The smallest absolute Gasteiger partial charge is 1.00 e. The first-order valence-electron chi connectivity index (χ1n) is 3.55. The number of benzene rings is 1. The molecular weight excluding hydrogens is 193 g/mol. The third kappa shape index (κ3) is 2.28. The van der Waals surface area contributed by atoms with Crippen LogP contribution in [0.3, 0.4) is 0 Å². The number of rotatable bonds is 1. The van der Waals surface area contributed by atoms with Crippen LogP contribution >= 0.6 is 12.2 Å². The van der Waals surface area contributed by atoms with Gasteiger partial charge < -0.3 is 1.43 Å². The number of nitrogens with zero attached hydrogens (tertiary/aromatic N) is 2. The summed E-state index contributed by atoms with van der Waals surface area (Å²) < 4.78 is 2.43. The largest absolute Gasteiger partial charge is 1.00 e. The molecule has 2 rings (SSSR count). The monoisotopic (exact) mass is 201 g/mol. The molecule has 0 amide bonds. The van der Waals surface area contributed by atoms with E-state index in [9.17, 15) is 0 Å². The van der Waals surface area contributed by atoms with E-state index >= 15 is 0 Å². The summed E-state index contributed by atoms with van der Waals surface area (Å²) in [7, 11) is 0. The van der Waals surface area contributed by atoms with Crippen molar-refractivity contribution in [3.05, 3.63) is 41.4 Å². The van der Waals surface area contributed by atoms with Gasteiger partial charge in [-0.15, -0.1) is 0 Å². The molecule has 0 aliphatic heterocycles. The summed E-state index contributed by atoms with van der Waals surface area (Å²) in [4.78, 5) is 0. The third-order valence-electron chi connectivity index (χ3n) is 1.59. The number of aromatic nitrogens is 3. The molecule has 0 radical (unpaired) electrons. The van der Waals surface area contributed by atoms with Crippen molar-refractivity contribution in [1.29, 1.82) is 0 Å². The molecule has 1 aromatic heterocycles. The standard InChI is InChI=1S/C8H7N3S.Na.H/c12-8-10-9-6-11(8)7-4-2-1-3-5-7;;/h1-6H,(H,10,12);;/q;+1;-1. The maximum absolute atomic E-state index is 5.01.